The minimum atomic E-state index is -0.143. The number of halogens is 2. The highest BCUT2D eigenvalue weighted by Gasteiger charge is 2.15. The van der Waals surface area contributed by atoms with Crippen molar-refractivity contribution >= 4 is 46.1 Å². The number of benzene rings is 2. The normalized spacial score (nSPS) is 11.0. The number of nitrogens with zero attached hydrogens (tertiary/aromatic N) is 2. The first-order valence-electron chi connectivity index (χ1n) is 8.06. The second-order valence-corrected chi connectivity index (χ2v) is 6.39. The largest absolute Gasteiger partial charge is 0.504 e. The predicted octanol–water partition coefficient (Wildman–Crippen LogP) is 4.72. The van der Waals surface area contributed by atoms with E-state index in [4.69, 9.17) is 37.4 Å². The molecule has 146 valence electrons. The molecule has 1 heterocycles. The van der Waals surface area contributed by atoms with Gasteiger partial charge in [-0.15, -0.1) is 0 Å². The van der Waals surface area contributed by atoms with Crippen LogP contribution in [0.1, 0.15) is 5.56 Å². The number of nitrogens with one attached hydrogen (secondary N) is 1. The van der Waals surface area contributed by atoms with E-state index in [-0.39, 0.29) is 16.3 Å². The molecule has 0 saturated heterocycles. The van der Waals surface area contributed by atoms with E-state index in [1.165, 1.54) is 20.3 Å². The van der Waals surface area contributed by atoms with Crippen molar-refractivity contribution in [3.8, 4) is 23.0 Å². The van der Waals surface area contributed by atoms with E-state index in [1.54, 1.807) is 37.6 Å². The minimum Gasteiger partial charge on any atom is -0.504 e. The van der Waals surface area contributed by atoms with Crippen molar-refractivity contribution < 1.29 is 19.3 Å². The fourth-order valence-electron chi connectivity index (χ4n) is 2.66. The van der Waals surface area contributed by atoms with Crippen LogP contribution >= 0.6 is 23.2 Å². The van der Waals surface area contributed by atoms with Gasteiger partial charge in [0.05, 0.1) is 37.6 Å². The number of phenols is 1. The van der Waals surface area contributed by atoms with Crippen LogP contribution in [0, 0.1) is 0 Å². The molecule has 7 nitrogen and oxygen atoms in total. The van der Waals surface area contributed by atoms with E-state index in [9.17, 15) is 5.11 Å². The van der Waals surface area contributed by atoms with Crippen LogP contribution in [0.4, 0.5) is 5.82 Å². The Kier molecular flexibility index (Phi) is 5.96. The maximum absolute atomic E-state index is 10.1. The molecule has 0 bridgehead atoms. The van der Waals surface area contributed by atoms with Gasteiger partial charge < -0.3 is 19.3 Å². The molecule has 0 saturated carbocycles. The molecule has 0 amide bonds. The summed E-state index contributed by atoms with van der Waals surface area (Å²) in [5.74, 6) is 1.75. The van der Waals surface area contributed by atoms with E-state index in [0.29, 0.717) is 39.0 Å². The molecule has 28 heavy (non-hydrogen) atoms. The molecule has 0 atom stereocenters. The molecular formula is C19H17Cl2N3O4. The number of methoxy groups -OCH3 is 3. The van der Waals surface area contributed by atoms with E-state index in [0.717, 1.165) is 0 Å². The molecule has 0 unspecified atom stereocenters. The first-order valence-corrected chi connectivity index (χ1v) is 8.81. The summed E-state index contributed by atoms with van der Waals surface area (Å²) in [5.41, 5.74) is 3.75. The second kappa shape index (κ2) is 8.41. The third kappa shape index (κ3) is 3.72. The Balaban J connectivity index is 1.90. The van der Waals surface area contributed by atoms with Crippen LogP contribution in [0.5, 0.6) is 23.0 Å². The third-order valence-electron chi connectivity index (χ3n) is 3.97. The summed E-state index contributed by atoms with van der Waals surface area (Å²) < 4.78 is 16.0. The zero-order valence-electron chi connectivity index (χ0n) is 15.3. The number of rotatable bonds is 6. The Hall–Kier alpha value is -2.90. The molecule has 0 aliphatic carbocycles. The molecule has 3 aromatic rings. The summed E-state index contributed by atoms with van der Waals surface area (Å²) in [6.45, 7) is 0. The van der Waals surface area contributed by atoms with E-state index >= 15 is 0 Å². The fourth-order valence-corrected chi connectivity index (χ4v) is 3.18. The number of hydrogen-bond acceptors (Lipinski definition) is 7. The van der Waals surface area contributed by atoms with Gasteiger partial charge in [0.15, 0.2) is 17.2 Å². The number of phenolic OH excluding ortho intramolecular Hbond substituents is 1. The van der Waals surface area contributed by atoms with Gasteiger partial charge in [-0.2, -0.15) is 5.10 Å². The van der Waals surface area contributed by atoms with Crippen molar-refractivity contribution in [2.45, 2.75) is 0 Å². The average molecular weight is 422 g/mol. The molecule has 0 aliphatic heterocycles. The number of aromatic hydroxyl groups is 1. The Bertz CT molecular complexity index is 1060. The summed E-state index contributed by atoms with van der Waals surface area (Å²) in [6.07, 6.45) is 1.55. The van der Waals surface area contributed by atoms with Crippen molar-refractivity contribution in [1.29, 1.82) is 0 Å². The Morgan fingerprint density at radius 1 is 1.00 bits per heavy atom. The SMILES string of the molecule is COc1ccc(/C=N/Nc2ccc3c(Cl)cc(Cl)c(O)c3n2)c(OC)c1OC. The molecular weight excluding hydrogens is 405 g/mol. The van der Waals surface area contributed by atoms with Gasteiger partial charge in [0.1, 0.15) is 11.3 Å². The summed E-state index contributed by atoms with van der Waals surface area (Å²) in [6, 6.07) is 8.40. The van der Waals surface area contributed by atoms with Gasteiger partial charge in [0.25, 0.3) is 0 Å². The lowest BCUT2D eigenvalue weighted by Crippen LogP contribution is -2.00. The van der Waals surface area contributed by atoms with Crippen LogP contribution in [-0.4, -0.2) is 37.6 Å². The quantitative estimate of drug-likeness (QED) is 0.442. The number of pyridine rings is 1. The molecule has 2 N–H and O–H groups in total. The zero-order valence-corrected chi connectivity index (χ0v) is 16.8. The molecule has 0 spiro atoms. The van der Waals surface area contributed by atoms with Crippen LogP contribution in [0.3, 0.4) is 0 Å². The van der Waals surface area contributed by atoms with E-state index in [2.05, 4.69) is 15.5 Å². The average Bonchev–Trinajstić information content (AvgIpc) is 2.71. The number of aromatic nitrogens is 1. The number of anilines is 1. The topological polar surface area (TPSA) is 85.2 Å². The van der Waals surface area contributed by atoms with Crippen LogP contribution in [0.2, 0.25) is 10.0 Å². The highest BCUT2D eigenvalue weighted by Crippen LogP contribution is 2.39. The predicted molar refractivity (Wildman–Crippen MR) is 111 cm³/mol. The van der Waals surface area contributed by atoms with Crippen LogP contribution in [0.25, 0.3) is 10.9 Å². The van der Waals surface area contributed by atoms with Gasteiger partial charge in [-0.3, -0.25) is 5.43 Å². The van der Waals surface area contributed by atoms with Crippen molar-refractivity contribution in [3.63, 3.8) is 0 Å². The van der Waals surface area contributed by atoms with Gasteiger partial charge in [-0.1, -0.05) is 23.2 Å². The second-order valence-electron chi connectivity index (χ2n) is 5.58. The van der Waals surface area contributed by atoms with E-state index in [1.807, 2.05) is 0 Å². The Morgan fingerprint density at radius 3 is 2.43 bits per heavy atom. The zero-order chi connectivity index (χ0) is 20.3. The number of hydrogen-bond donors (Lipinski definition) is 2. The van der Waals surface area contributed by atoms with Crippen LogP contribution < -0.4 is 19.6 Å². The monoisotopic (exact) mass is 421 g/mol. The van der Waals surface area contributed by atoms with Crippen molar-refractivity contribution in [2.75, 3.05) is 26.8 Å². The fraction of sp³-hybridized carbons (Fsp3) is 0.158. The summed E-state index contributed by atoms with van der Waals surface area (Å²) in [4.78, 5) is 4.31. The maximum Gasteiger partial charge on any atom is 0.203 e. The highest BCUT2D eigenvalue weighted by atomic mass is 35.5. The number of hydrazone groups is 1. The molecule has 3 rings (SSSR count). The lowest BCUT2D eigenvalue weighted by atomic mass is 10.2. The van der Waals surface area contributed by atoms with Crippen LogP contribution in [0.15, 0.2) is 35.4 Å². The van der Waals surface area contributed by atoms with Crippen molar-refractivity contribution in [2.24, 2.45) is 5.10 Å². The van der Waals surface area contributed by atoms with Gasteiger partial charge >= 0.3 is 0 Å². The lowest BCUT2D eigenvalue weighted by molar-refractivity contribution is 0.324. The highest BCUT2D eigenvalue weighted by molar-refractivity contribution is 6.39. The first kappa shape index (κ1) is 19.9. The standard InChI is InChI=1S/C19H17Cl2N3O4/c1-26-14-6-4-10(18(27-2)19(14)28-3)9-22-24-15-7-5-11-12(20)8-13(21)17(25)16(11)23-15/h4-9,25H,1-3H3,(H,23,24)/b22-9+. The Labute approximate surface area is 171 Å². The lowest BCUT2D eigenvalue weighted by Gasteiger charge is -2.13. The number of ether oxygens (including phenoxy) is 3. The Morgan fingerprint density at radius 2 is 1.75 bits per heavy atom. The molecule has 0 fully saturated rings. The van der Waals surface area contributed by atoms with Crippen LogP contribution in [-0.2, 0) is 0 Å². The van der Waals surface area contributed by atoms with Crippen molar-refractivity contribution in [3.05, 3.63) is 45.9 Å². The summed E-state index contributed by atoms with van der Waals surface area (Å²) in [5, 5.41) is 15.4. The molecule has 9 heteroatoms. The molecule has 0 aliphatic rings. The van der Waals surface area contributed by atoms with Gasteiger partial charge in [0, 0.05) is 10.9 Å². The van der Waals surface area contributed by atoms with E-state index < -0.39 is 0 Å². The summed E-state index contributed by atoms with van der Waals surface area (Å²) >= 11 is 12.1. The molecule has 0 radical (unpaired) electrons. The van der Waals surface area contributed by atoms with Gasteiger partial charge in [-0.25, -0.2) is 4.98 Å². The molecule has 1 aromatic heterocycles. The third-order valence-corrected chi connectivity index (χ3v) is 4.57. The molecule has 2 aromatic carbocycles. The maximum atomic E-state index is 10.1. The smallest absolute Gasteiger partial charge is 0.203 e. The summed E-state index contributed by atoms with van der Waals surface area (Å²) in [7, 11) is 4.61. The minimum absolute atomic E-state index is 0.126. The van der Waals surface area contributed by atoms with Gasteiger partial charge in [-0.05, 0) is 30.3 Å². The van der Waals surface area contributed by atoms with Crippen molar-refractivity contribution in [1.82, 2.24) is 4.98 Å². The van der Waals surface area contributed by atoms with Gasteiger partial charge in [0.2, 0.25) is 5.75 Å². The first-order chi connectivity index (χ1) is 13.5. The number of fused-ring (bicyclic) bond motifs is 1.